The van der Waals surface area contributed by atoms with Crippen LogP contribution in [0.1, 0.15) is 18.4 Å². The molecule has 2 rings (SSSR count). The Balaban J connectivity index is 2.07. The highest BCUT2D eigenvalue weighted by molar-refractivity contribution is 7.98. The Kier molecular flexibility index (Phi) is 4.88. The Hall–Kier alpha value is -1.22. The minimum atomic E-state index is 1.04. The second-order valence-corrected chi connectivity index (χ2v) is 5.44. The summed E-state index contributed by atoms with van der Waals surface area (Å²) in [5.41, 5.74) is 3.54. The third-order valence-electron chi connectivity index (χ3n) is 3.06. The minimum Gasteiger partial charge on any atom is -0.384 e. The minimum absolute atomic E-state index is 1.04. The van der Waals surface area contributed by atoms with Gasteiger partial charge in [-0.1, -0.05) is 18.2 Å². The number of anilines is 1. The number of aromatic nitrogens is 1. The molecule has 0 bridgehead atoms. The van der Waals surface area contributed by atoms with E-state index in [1.165, 1.54) is 35.2 Å². The van der Waals surface area contributed by atoms with E-state index in [1.54, 1.807) is 0 Å². The number of nitrogens with zero attached hydrogens (tertiary/aromatic N) is 1. The lowest BCUT2D eigenvalue weighted by atomic mass is 10.1. The highest BCUT2D eigenvalue weighted by Crippen LogP contribution is 2.23. The van der Waals surface area contributed by atoms with Crippen molar-refractivity contribution < 1.29 is 0 Å². The summed E-state index contributed by atoms with van der Waals surface area (Å²) >= 11 is 1.91. The average molecular weight is 260 g/mol. The molecular weight excluding hydrogens is 240 g/mol. The maximum atomic E-state index is 4.46. The van der Waals surface area contributed by atoms with E-state index < -0.39 is 0 Å². The summed E-state index contributed by atoms with van der Waals surface area (Å²) in [6.07, 6.45) is 6.54. The molecular formula is C15H20N2S. The van der Waals surface area contributed by atoms with Crippen molar-refractivity contribution in [1.82, 2.24) is 4.98 Å². The van der Waals surface area contributed by atoms with Crippen LogP contribution < -0.4 is 5.32 Å². The van der Waals surface area contributed by atoms with Gasteiger partial charge < -0.3 is 5.32 Å². The molecule has 0 saturated heterocycles. The zero-order chi connectivity index (χ0) is 12.8. The van der Waals surface area contributed by atoms with Crippen molar-refractivity contribution in [3.05, 3.63) is 36.0 Å². The van der Waals surface area contributed by atoms with Gasteiger partial charge in [-0.25, -0.2) is 0 Å². The van der Waals surface area contributed by atoms with Gasteiger partial charge in [-0.15, -0.1) is 0 Å². The van der Waals surface area contributed by atoms with Crippen LogP contribution in [-0.4, -0.2) is 23.5 Å². The molecule has 1 aromatic heterocycles. The molecule has 1 N–H and O–H groups in total. The fourth-order valence-corrected chi connectivity index (χ4v) is 2.57. The van der Waals surface area contributed by atoms with Gasteiger partial charge in [0, 0.05) is 23.8 Å². The number of nitrogens with one attached hydrogen (secondary N) is 1. The van der Waals surface area contributed by atoms with Crippen LogP contribution in [-0.2, 0) is 0 Å². The maximum Gasteiger partial charge on any atom is 0.0751 e. The largest absolute Gasteiger partial charge is 0.384 e. The van der Waals surface area contributed by atoms with Crippen LogP contribution in [0.15, 0.2) is 30.5 Å². The monoisotopic (exact) mass is 260 g/mol. The van der Waals surface area contributed by atoms with E-state index >= 15 is 0 Å². The van der Waals surface area contributed by atoms with Gasteiger partial charge in [-0.2, -0.15) is 11.8 Å². The quantitative estimate of drug-likeness (QED) is 0.792. The standard InChI is InChI=1S/C15H20N2S/c1-12-6-5-7-13-14(8-10-17-15(12)13)16-9-3-4-11-18-2/h5-8,10H,3-4,9,11H2,1-2H3,(H,16,17). The molecule has 96 valence electrons. The summed E-state index contributed by atoms with van der Waals surface area (Å²) in [5.74, 6) is 1.25. The fraction of sp³-hybridized carbons (Fsp3) is 0.400. The lowest BCUT2D eigenvalue weighted by Crippen LogP contribution is -2.03. The van der Waals surface area contributed by atoms with E-state index in [0.717, 1.165) is 12.1 Å². The van der Waals surface area contributed by atoms with Crippen molar-refractivity contribution >= 4 is 28.4 Å². The Labute approximate surface area is 113 Å². The van der Waals surface area contributed by atoms with Gasteiger partial charge in [-0.05, 0) is 43.4 Å². The van der Waals surface area contributed by atoms with Crippen LogP contribution in [0.5, 0.6) is 0 Å². The highest BCUT2D eigenvalue weighted by atomic mass is 32.2. The lowest BCUT2D eigenvalue weighted by molar-refractivity contribution is 0.844. The third-order valence-corrected chi connectivity index (χ3v) is 3.76. The second kappa shape index (κ2) is 6.64. The molecule has 0 atom stereocenters. The van der Waals surface area contributed by atoms with Gasteiger partial charge in [0.25, 0.3) is 0 Å². The van der Waals surface area contributed by atoms with Crippen LogP contribution in [0.2, 0.25) is 0 Å². The molecule has 0 amide bonds. The first-order valence-corrected chi connectivity index (χ1v) is 7.79. The number of hydrogen-bond donors (Lipinski definition) is 1. The highest BCUT2D eigenvalue weighted by Gasteiger charge is 2.02. The molecule has 0 aliphatic heterocycles. The normalized spacial score (nSPS) is 10.8. The van der Waals surface area contributed by atoms with Crippen LogP contribution in [0, 0.1) is 6.92 Å². The molecule has 0 fully saturated rings. The number of fused-ring (bicyclic) bond motifs is 1. The second-order valence-electron chi connectivity index (χ2n) is 4.46. The van der Waals surface area contributed by atoms with Gasteiger partial charge in [0.05, 0.1) is 5.52 Å². The number of pyridine rings is 1. The lowest BCUT2D eigenvalue weighted by Gasteiger charge is -2.10. The van der Waals surface area contributed by atoms with Gasteiger partial charge in [-0.3, -0.25) is 4.98 Å². The summed E-state index contributed by atoms with van der Waals surface area (Å²) in [4.78, 5) is 4.46. The van der Waals surface area contributed by atoms with Crippen molar-refractivity contribution in [1.29, 1.82) is 0 Å². The zero-order valence-corrected chi connectivity index (χ0v) is 11.9. The van der Waals surface area contributed by atoms with Crippen molar-refractivity contribution in [2.24, 2.45) is 0 Å². The number of rotatable bonds is 6. The molecule has 0 aliphatic carbocycles. The molecule has 2 aromatic rings. The predicted octanol–water partition coefficient (Wildman–Crippen LogP) is 4.10. The zero-order valence-electron chi connectivity index (χ0n) is 11.1. The van der Waals surface area contributed by atoms with Crippen LogP contribution >= 0.6 is 11.8 Å². The molecule has 18 heavy (non-hydrogen) atoms. The Morgan fingerprint density at radius 3 is 2.94 bits per heavy atom. The summed E-state index contributed by atoms with van der Waals surface area (Å²) in [7, 11) is 0. The van der Waals surface area contributed by atoms with E-state index in [2.05, 4.69) is 47.7 Å². The summed E-state index contributed by atoms with van der Waals surface area (Å²) < 4.78 is 0. The molecule has 1 aromatic carbocycles. The maximum absolute atomic E-state index is 4.46. The van der Waals surface area contributed by atoms with Crippen LogP contribution in [0.25, 0.3) is 10.9 Å². The molecule has 0 saturated carbocycles. The molecule has 0 unspecified atom stereocenters. The number of aryl methyl sites for hydroxylation is 1. The van der Waals surface area contributed by atoms with E-state index in [1.807, 2.05) is 18.0 Å². The van der Waals surface area contributed by atoms with Crippen molar-refractivity contribution in [2.75, 3.05) is 23.9 Å². The van der Waals surface area contributed by atoms with E-state index in [0.29, 0.717) is 0 Å². The Morgan fingerprint density at radius 1 is 1.22 bits per heavy atom. The summed E-state index contributed by atoms with van der Waals surface area (Å²) in [5, 5.41) is 4.75. The van der Waals surface area contributed by atoms with Gasteiger partial charge in [0.15, 0.2) is 0 Å². The third kappa shape index (κ3) is 3.16. The van der Waals surface area contributed by atoms with Gasteiger partial charge in [0.2, 0.25) is 0 Å². The van der Waals surface area contributed by atoms with Crippen molar-refractivity contribution in [3.8, 4) is 0 Å². The van der Waals surface area contributed by atoms with Crippen molar-refractivity contribution in [2.45, 2.75) is 19.8 Å². The molecule has 3 heteroatoms. The smallest absolute Gasteiger partial charge is 0.0751 e. The molecule has 0 aliphatic rings. The topological polar surface area (TPSA) is 24.9 Å². The average Bonchev–Trinajstić information content (AvgIpc) is 2.39. The van der Waals surface area contributed by atoms with Crippen LogP contribution in [0.3, 0.4) is 0 Å². The number of para-hydroxylation sites is 1. The van der Waals surface area contributed by atoms with E-state index in [-0.39, 0.29) is 0 Å². The number of unbranched alkanes of at least 4 members (excludes halogenated alkanes) is 1. The van der Waals surface area contributed by atoms with Crippen LogP contribution in [0.4, 0.5) is 5.69 Å². The first kappa shape index (κ1) is 13.2. The number of thioether (sulfide) groups is 1. The SMILES string of the molecule is CSCCCCNc1ccnc2c(C)cccc12. The molecule has 2 nitrogen and oxygen atoms in total. The van der Waals surface area contributed by atoms with E-state index in [9.17, 15) is 0 Å². The first-order chi connectivity index (χ1) is 8.83. The van der Waals surface area contributed by atoms with Gasteiger partial charge in [0.1, 0.15) is 0 Å². The fourth-order valence-electron chi connectivity index (χ4n) is 2.07. The number of hydrogen-bond acceptors (Lipinski definition) is 3. The Bertz CT molecular complexity index is 511. The van der Waals surface area contributed by atoms with Crippen molar-refractivity contribution in [3.63, 3.8) is 0 Å². The van der Waals surface area contributed by atoms with E-state index in [4.69, 9.17) is 0 Å². The molecule has 0 radical (unpaired) electrons. The number of benzene rings is 1. The first-order valence-electron chi connectivity index (χ1n) is 6.40. The Morgan fingerprint density at radius 2 is 2.11 bits per heavy atom. The van der Waals surface area contributed by atoms with Gasteiger partial charge >= 0.3 is 0 Å². The molecule has 1 heterocycles. The summed E-state index contributed by atoms with van der Waals surface area (Å²) in [6, 6.07) is 8.41. The summed E-state index contributed by atoms with van der Waals surface area (Å²) in [6.45, 7) is 3.14. The predicted molar refractivity (Wildman–Crippen MR) is 82.6 cm³/mol. The molecule has 0 spiro atoms.